The van der Waals surface area contributed by atoms with E-state index in [4.69, 9.17) is 15.6 Å². The molecule has 1 aromatic carbocycles. The number of rotatable bonds is 6. The van der Waals surface area contributed by atoms with E-state index in [1.165, 1.54) is 20.1 Å². The average molecular weight is 257 g/mol. The van der Waals surface area contributed by atoms with Crippen LogP contribution in [0.15, 0.2) is 12.1 Å². The maximum absolute atomic E-state index is 13.8. The molecule has 0 saturated heterocycles. The summed E-state index contributed by atoms with van der Waals surface area (Å²) in [6.07, 6.45) is 0.169. The maximum Gasteiger partial charge on any atom is 0.306 e. The molecule has 5 nitrogen and oxygen atoms in total. The van der Waals surface area contributed by atoms with Gasteiger partial charge in [0.05, 0.1) is 11.6 Å². The Kier molecular flexibility index (Phi) is 4.91. The number of ether oxygens (including phenoxy) is 2. The van der Waals surface area contributed by atoms with Crippen LogP contribution in [-0.4, -0.2) is 25.0 Å². The van der Waals surface area contributed by atoms with Crippen LogP contribution in [0, 0.1) is 11.7 Å². The summed E-state index contributed by atoms with van der Waals surface area (Å²) in [6, 6.07) is 2.97. The van der Waals surface area contributed by atoms with Crippen molar-refractivity contribution in [3.63, 3.8) is 0 Å². The SMILES string of the molecule is COCOc1ccc(C[C@H](C)C(=O)O)c(N)c1F. The van der Waals surface area contributed by atoms with Gasteiger partial charge in [0.2, 0.25) is 0 Å². The molecule has 1 atom stereocenters. The van der Waals surface area contributed by atoms with Gasteiger partial charge in [-0.1, -0.05) is 13.0 Å². The van der Waals surface area contributed by atoms with Crippen molar-refractivity contribution < 1.29 is 23.8 Å². The highest BCUT2D eigenvalue weighted by Crippen LogP contribution is 2.27. The maximum atomic E-state index is 13.8. The van der Waals surface area contributed by atoms with Crippen molar-refractivity contribution in [2.45, 2.75) is 13.3 Å². The molecule has 0 aromatic heterocycles. The van der Waals surface area contributed by atoms with Crippen molar-refractivity contribution in [3.8, 4) is 5.75 Å². The van der Waals surface area contributed by atoms with E-state index < -0.39 is 17.7 Å². The van der Waals surface area contributed by atoms with Gasteiger partial charge < -0.3 is 20.3 Å². The summed E-state index contributed by atoms with van der Waals surface area (Å²) in [4.78, 5) is 10.7. The Hall–Kier alpha value is -1.82. The number of carboxylic acid groups (broad SMARTS) is 1. The molecule has 0 fully saturated rings. The smallest absolute Gasteiger partial charge is 0.306 e. The Bertz CT molecular complexity index is 436. The minimum atomic E-state index is -0.950. The number of methoxy groups -OCH3 is 1. The fourth-order valence-corrected chi connectivity index (χ4v) is 1.44. The first-order valence-corrected chi connectivity index (χ1v) is 5.38. The van der Waals surface area contributed by atoms with E-state index in [-0.39, 0.29) is 24.7 Å². The molecule has 1 rings (SSSR count). The van der Waals surface area contributed by atoms with E-state index in [9.17, 15) is 9.18 Å². The number of aliphatic carboxylic acids is 1. The van der Waals surface area contributed by atoms with Gasteiger partial charge in [-0.25, -0.2) is 4.39 Å². The number of nitrogen functional groups attached to an aromatic ring is 1. The largest absolute Gasteiger partial charge is 0.481 e. The number of carbonyl (C=O) groups is 1. The van der Waals surface area contributed by atoms with E-state index >= 15 is 0 Å². The number of hydrogen-bond donors (Lipinski definition) is 2. The third-order valence-electron chi connectivity index (χ3n) is 2.51. The van der Waals surface area contributed by atoms with Gasteiger partial charge in [-0.05, 0) is 18.1 Å². The zero-order valence-corrected chi connectivity index (χ0v) is 10.3. The third-order valence-corrected chi connectivity index (χ3v) is 2.51. The number of halogens is 1. The number of hydrogen-bond acceptors (Lipinski definition) is 4. The molecular weight excluding hydrogens is 241 g/mol. The Balaban J connectivity index is 2.90. The van der Waals surface area contributed by atoms with Crippen LogP contribution in [0.4, 0.5) is 10.1 Å². The average Bonchev–Trinajstić information content (AvgIpc) is 2.34. The molecule has 100 valence electrons. The van der Waals surface area contributed by atoms with Gasteiger partial charge in [0, 0.05) is 7.11 Å². The minimum Gasteiger partial charge on any atom is -0.481 e. The predicted octanol–water partition coefficient (Wildman–Crippen LogP) is 1.65. The second-order valence-electron chi connectivity index (χ2n) is 3.94. The summed E-state index contributed by atoms with van der Waals surface area (Å²) in [6.45, 7) is 1.45. The Labute approximate surface area is 104 Å². The molecule has 0 aliphatic rings. The number of nitrogens with two attached hydrogens (primary N) is 1. The highest BCUT2D eigenvalue weighted by atomic mass is 19.1. The molecule has 1 aromatic rings. The van der Waals surface area contributed by atoms with Gasteiger partial charge in [0.25, 0.3) is 0 Å². The molecule has 0 saturated carbocycles. The van der Waals surface area contributed by atoms with Crippen molar-refractivity contribution in [2.75, 3.05) is 19.6 Å². The predicted molar refractivity (Wildman–Crippen MR) is 63.8 cm³/mol. The standard InChI is InChI=1S/C12H16FNO4/c1-7(12(15)16)5-8-3-4-9(18-6-17-2)10(13)11(8)14/h3-4,7H,5-6,14H2,1-2H3,(H,15,16)/t7-/m0/s1. The third kappa shape index (κ3) is 3.33. The summed E-state index contributed by atoms with van der Waals surface area (Å²) in [5.41, 5.74) is 5.98. The van der Waals surface area contributed by atoms with Gasteiger partial charge in [0.15, 0.2) is 18.4 Å². The molecule has 0 aliphatic carbocycles. The van der Waals surface area contributed by atoms with Crippen LogP contribution in [0.2, 0.25) is 0 Å². The summed E-state index contributed by atoms with van der Waals surface area (Å²) in [7, 11) is 1.42. The molecule has 0 unspecified atom stereocenters. The summed E-state index contributed by atoms with van der Waals surface area (Å²) in [5, 5.41) is 8.80. The molecule has 0 bridgehead atoms. The summed E-state index contributed by atoms with van der Waals surface area (Å²) >= 11 is 0. The highest BCUT2D eigenvalue weighted by molar-refractivity contribution is 5.70. The van der Waals surface area contributed by atoms with Crippen LogP contribution < -0.4 is 10.5 Å². The molecule has 0 radical (unpaired) electrons. The Morgan fingerprint density at radius 3 is 2.78 bits per heavy atom. The van der Waals surface area contributed by atoms with E-state index in [1.807, 2.05) is 0 Å². The van der Waals surface area contributed by atoms with Crippen molar-refractivity contribution in [3.05, 3.63) is 23.5 Å². The zero-order chi connectivity index (χ0) is 13.7. The molecular formula is C12H16FNO4. The minimum absolute atomic E-state index is 0.0129. The first-order chi connectivity index (χ1) is 8.47. The Morgan fingerprint density at radius 2 is 2.22 bits per heavy atom. The normalized spacial score (nSPS) is 12.2. The Morgan fingerprint density at radius 1 is 1.56 bits per heavy atom. The van der Waals surface area contributed by atoms with Gasteiger partial charge in [-0.15, -0.1) is 0 Å². The van der Waals surface area contributed by atoms with Gasteiger partial charge in [0.1, 0.15) is 0 Å². The van der Waals surface area contributed by atoms with E-state index in [0.717, 1.165) is 0 Å². The second kappa shape index (κ2) is 6.20. The number of carboxylic acids is 1. The quantitative estimate of drug-likeness (QED) is 0.598. The molecule has 3 N–H and O–H groups in total. The van der Waals surface area contributed by atoms with Crippen LogP contribution in [0.3, 0.4) is 0 Å². The van der Waals surface area contributed by atoms with E-state index in [1.54, 1.807) is 6.07 Å². The van der Waals surface area contributed by atoms with Gasteiger partial charge >= 0.3 is 5.97 Å². The number of benzene rings is 1. The molecule has 0 spiro atoms. The fraction of sp³-hybridized carbons (Fsp3) is 0.417. The van der Waals surface area contributed by atoms with Gasteiger partial charge in [-0.3, -0.25) is 4.79 Å². The van der Waals surface area contributed by atoms with Crippen LogP contribution in [0.25, 0.3) is 0 Å². The van der Waals surface area contributed by atoms with Crippen molar-refractivity contribution in [1.82, 2.24) is 0 Å². The molecule has 0 aliphatic heterocycles. The summed E-state index contributed by atoms with van der Waals surface area (Å²) in [5.74, 6) is -2.28. The highest BCUT2D eigenvalue weighted by Gasteiger charge is 2.17. The fourth-order valence-electron chi connectivity index (χ4n) is 1.44. The van der Waals surface area contributed by atoms with Crippen LogP contribution in [0.5, 0.6) is 5.75 Å². The molecule has 6 heteroatoms. The lowest BCUT2D eigenvalue weighted by molar-refractivity contribution is -0.141. The molecule has 18 heavy (non-hydrogen) atoms. The first kappa shape index (κ1) is 14.2. The zero-order valence-electron chi connectivity index (χ0n) is 10.3. The van der Waals surface area contributed by atoms with Crippen LogP contribution >= 0.6 is 0 Å². The monoisotopic (exact) mass is 257 g/mol. The lowest BCUT2D eigenvalue weighted by Crippen LogP contribution is -2.14. The van der Waals surface area contributed by atoms with E-state index in [2.05, 4.69) is 4.74 Å². The van der Waals surface area contributed by atoms with Gasteiger partial charge in [-0.2, -0.15) is 0 Å². The lowest BCUT2D eigenvalue weighted by Gasteiger charge is -2.12. The topological polar surface area (TPSA) is 81.8 Å². The van der Waals surface area contributed by atoms with Crippen molar-refractivity contribution in [1.29, 1.82) is 0 Å². The lowest BCUT2D eigenvalue weighted by atomic mass is 9.99. The van der Waals surface area contributed by atoms with Crippen LogP contribution in [0.1, 0.15) is 12.5 Å². The summed E-state index contributed by atoms with van der Waals surface area (Å²) < 4.78 is 23.4. The van der Waals surface area contributed by atoms with Crippen molar-refractivity contribution >= 4 is 11.7 Å². The van der Waals surface area contributed by atoms with Crippen LogP contribution in [-0.2, 0) is 16.0 Å². The molecule has 0 amide bonds. The number of anilines is 1. The molecule has 0 heterocycles. The second-order valence-corrected chi connectivity index (χ2v) is 3.94. The van der Waals surface area contributed by atoms with Crippen molar-refractivity contribution in [2.24, 2.45) is 5.92 Å². The van der Waals surface area contributed by atoms with E-state index in [0.29, 0.717) is 5.56 Å². The first-order valence-electron chi connectivity index (χ1n) is 5.38.